The van der Waals surface area contributed by atoms with E-state index in [0.29, 0.717) is 5.56 Å². The van der Waals surface area contributed by atoms with Crippen LogP contribution in [0.4, 0.5) is 5.69 Å². The number of nitro groups is 1. The van der Waals surface area contributed by atoms with Crippen molar-refractivity contribution in [2.75, 3.05) is 12.4 Å². The van der Waals surface area contributed by atoms with Crippen LogP contribution in [0.5, 0.6) is 0 Å². The number of carbonyl (C=O) groups excluding carboxylic acids is 1. The first-order valence-electron chi connectivity index (χ1n) is 6.14. The van der Waals surface area contributed by atoms with Crippen molar-refractivity contribution in [2.45, 2.75) is 26.0 Å². The SMILES string of the molecule is CC(C)N(C[C@H](O)c1ccc([N+](=O)[O-])cc1)C(=O)CCl. The van der Waals surface area contributed by atoms with Crippen LogP contribution >= 0.6 is 11.6 Å². The average molecular weight is 301 g/mol. The molecule has 6 nitrogen and oxygen atoms in total. The van der Waals surface area contributed by atoms with Gasteiger partial charge in [0.1, 0.15) is 5.88 Å². The van der Waals surface area contributed by atoms with E-state index in [1.807, 2.05) is 13.8 Å². The van der Waals surface area contributed by atoms with E-state index in [9.17, 15) is 20.0 Å². The number of halogens is 1. The van der Waals surface area contributed by atoms with Crippen LogP contribution in [0.3, 0.4) is 0 Å². The lowest BCUT2D eigenvalue weighted by atomic mass is 10.1. The highest BCUT2D eigenvalue weighted by molar-refractivity contribution is 6.27. The zero-order valence-electron chi connectivity index (χ0n) is 11.3. The van der Waals surface area contributed by atoms with Gasteiger partial charge in [-0.15, -0.1) is 11.6 Å². The molecule has 1 aromatic carbocycles. The molecule has 1 atom stereocenters. The molecule has 0 bridgehead atoms. The van der Waals surface area contributed by atoms with E-state index in [1.54, 1.807) is 0 Å². The average Bonchev–Trinajstić information content (AvgIpc) is 2.43. The second-order valence-electron chi connectivity index (χ2n) is 4.64. The Morgan fingerprint density at radius 3 is 2.35 bits per heavy atom. The lowest BCUT2D eigenvalue weighted by Crippen LogP contribution is -2.40. The van der Waals surface area contributed by atoms with Crippen molar-refractivity contribution in [1.82, 2.24) is 4.90 Å². The van der Waals surface area contributed by atoms with Crippen molar-refractivity contribution >= 4 is 23.2 Å². The van der Waals surface area contributed by atoms with Crippen LogP contribution in [0.25, 0.3) is 0 Å². The van der Waals surface area contributed by atoms with Gasteiger partial charge in [0.2, 0.25) is 5.91 Å². The summed E-state index contributed by atoms with van der Waals surface area (Å²) in [5.74, 6) is -0.409. The minimum Gasteiger partial charge on any atom is -0.387 e. The monoisotopic (exact) mass is 300 g/mol. The van der Waals surface area contributed by atoms with E-state index in [0.717, 1.165) is 0 Å². The molecule has 0 aliphatic heterocycles. The molecule has 0 saturated heterocycles. The number of hydrogen-bond donors (Lipinski definition) is 1. The quantitative estimate of drug-likeness (QED) is 0.495. The Balaban J connectivity index is 2.80. The number of aliphatic hydroxyl groups excluding tert-OH is 1. The number of nitrogens with zero attached hydrogens (tertiary/aromatic N) is 2. The number of hydrogen-bond acceptors (Lipinski definition) is 4. The van der Waals surface area contributed by atoms with E-state index in [4.69, 9.17) is 11.6 Å². The van der Waals surface area contributed by atoms with Gasteiger partial charge in [-0.2, -0.15) is 0 Å². The Morgan fingerprint density at radius 2 is 1.95 bits per heavy atom. The maximum Gasteiger partial charge on any atom is 0.269 e. The van der Waals surface area contributed by atoms with Crippen LogP contribution < -0.4 is 0 Å². The molecule has 0 heterocycles. The molecule has 0 aliphatic carbocycles. The Morgan fingerprint density at radius 1 is 1.40 bits per heavy atom. The Kier molecular flexibility index (Phi) is 5.91. The Bertz CT molecular complexity index is 476. The molecule has 0 unspecified atom stereocenters. The van der Waals surface area contributed by atoms with Crippen LogP contribution in [0.15, 0.2) is 24.3 Å². The first-order valence-corrected chi connectivity index (χ1v) is 6.68. The molecule has 110 valence electrons. The summed E-state index contributed by atoms with van der Waals surface area (Å²) in [6.07, 6.45) is -0.912. The molecule has 0 aliphatic rings. The molecule has 0 fully saturated rings. The highest BCUT2D eigenvalue weighted by atomic mass is 35.5. The van der Waals surface area contributed by atoms with E-state index in [1.165, 1.54) is 29.2 Å². The van der Waals surface area contributed by atoms with Gasteiger partial charge in [-0.25, -0.2) is 0 Å². The topological polar surface area (TPSA) is 83.7 Å². The summed E-state index contributed by atoms with van der Waals surface area (Å²) >= 11 is 5.53. The number of alkyl halides is 1. The number of rotatable bonds is 6. The maximum atomic E-state index is 11.7. The van der Waals surface area contributed by atoms with Crippen LogP contribution in [-0.2, 0) is 4.79 Å². The van der Waals surface area contributed by atoms with Crippen LogP contribution in [0.2, 0.25) is 0 Å². The van der Waals surface area contributed by atoms with Gasteiger partial charge < -0.3 is 10.0 Å². The summed E-state index contributed by atoms with van der Waals surface area (Å²) in [6, 6.07) is 5.51. The van der Waals surface area contributed by atoms with Crippen molar-refractivity contribution in [3.8, 4) is 0 Å². The number of aliphatic hydroxyl groups is 1. The van der Waals surface area contributed by atoms with E-state index >= 15 is 0 Å². The number of carbonyl (C=O) groups is 1. The van der Waals surface area contributed by atoms with Crippen molar-refractivity contribution in [2.24, 2.45) is 0 Å². The molecule has 0 saturated carbocycles. The number of non-ortho nitro benzene ring substituents is 1. The highest BCUT2D eigenvalue weighted by Crippen LogP contribution is 2.19. The smallest absolute Gasteiger partial charge is 0.269 e. The molecular formula is C13H17ClN2O4. The zero-order valence-corrected chi connectivity index (χ0v) is 12.1. The van der Waals surface area contributed by atoms with Crippen LogP contribution in [0.1, 0.15) is 25.5 Å². The molecule has 20 heavy (non-hydrogen) atoms. The van der Waals surface area contributed by atoms with Gasteiger partial charge in [0.15, 0.2) is 0 Å². The van der Waals surface area contributed by atoms with Crippen molar-refractivity contribution in [3.63, 3.8) is 0 Å². The highest BCUT2D eigenvalue weighted by Gasteiger charge is 2.20. The lowest BCUT2D eigenvalue weighted by molar-refractivity contribution is -0.384. The maximum absolute atomic E-state index is 11.7. The fourth-order valence-corrected chi connectivity index (χ4v) is 1.94. The molecule has 1 aromatic rings. The summed E-state index contributed by atoms with van der Waals surface area (Å²) in [4.78, 5) is 23.2. The van der Waals surface area contributed by atoms with Gasteiger partial charge >= 0.3 is 0 Å². The molecule has 0 aromatic heterocycles. The third-order valence-corrected chi connectivity index (χ3v) is 3.14. The van der Waals surface area contributed by atoms with Gasteiger partial charge in [-0.3, -0.25) is 14.9 Å². The first-order chi connectivity index (χ1) is 9.36. The largest absolute Gasteiger partial charge is 0.387 e. The number of benzene rings is 1. The molecule has 7 heteroatoms. The van der Waals surface area contributed by atoms with Gasteiger partial charge in [0, 0.05) is 18.2 Å². The Labute approximate surface area is 122 Å². The summed E-state index contributed by atoms with van der Waals surface area (Å²) in [5.41, 5.74) is 0.474. The van der Waals surface area contributed by atoms with Gasteiger partial charge in [-0.05, 0) is 31.5 Å². The minimum atomic E-state index is -0.912. The third-order valence-electron chi connectivity index (χ3n) is 2.92. The van der Waals surface area contributed by atoms with Gasteiger partial charge in [0.25, 0.3) is 5.69 Å². The van der Waals surface area contributed by atoms with E-state index in [-0.39, 0.29) is 30.1 Å². The van der Waals surface area contributed by atoms with Crippen molar-refractivity contribution < 1.29 is 14.8 Å². The molecular weight excluding hydrogens is 284 g/mol. The van der Waals surface area contributed by atoms with Gasteiger partial charge in [-0.1, -0.05) is 0 Å². The molecule has 1 rings (SSSR count). The van der Waals surface area contributed by atoms with E-state index < -0.39 is 11.0 Å². The first kappa shape index (κ1) is 16.4. The second-order valence-corrected chi connectivity index (χ2v) is 4.91. The zero-order chi connectivity index (χ0) is 15.3. The Hall–Kier alpha value is -1.66. The predicted octanol–water partition coefficient (Wildman–Crippen LogP) is 2.10. The molecule has 0 spiro atoms. The number of amides is 1. The summed E-state index contributed by atoms with van der Waals surface area (Å²) in [5, 5.41) is 20.7. The lowest BCUT2D eigenvalue weighted by Gasteiger charge is -2.28. The van der Waals surface area contributed by atoms with E-state index in [2.05, 4.69) is 0 Å². The predicted molar refractivity (Wildman–Crippen MR) is 75.6 cm³/mol. The number of nitro benzene ring substituents is 1. The summed E-state index contributed by atoms with van der Waals surface area (Å²) < 4.78 is 0. The fourth-order valence-electron chi connectivity index (χ4n) is 1.79. The second kappa shape index (κ2) is 7.21. The summed E-state index contributed by atoms with van der Waals surface area (Å²) in [6.45, 7) is 3.75. The minimum absolute atomic E-state index is 0.0431. The third kappa shape index (κ3) is 4.18. The molecule has 0 radical (unpaired) electrons. The normalized spacial score (nSPS) is 12.2. The van der Waals surface area contributed by atoms with Crippen molar-refractivity contribution in [1.29, 1.82) is 0 Å². The van der Waals surface area contributed by atoms with Crippen LogP contribution in [-0.4, -0.2) is 39.3 Å². The molecule has 1 amide bonds. The van der Waals surface area contributed by atoms with Crippen LogP contribution in [0, 0.1) is 10.1 Å². The van der Waals surface area contributed by atoms with Crippen molar-refractivity contribution in [3.05, 3.63) is 39.9 Å². The summed E-state index contributed by atoms with van der Waals surface area (Å²) in [7, 11) is 0. The standard InChI is InChI=1S/C13H17ClN2O4/c1-9(2)15(13(18)7-14)8-12(17)10-3-5-11(6-4-10)16(19)20/h3-6,9,12,17H,7-8H2,1-2H3/t12-/m0/s1. The molecule has 1 N–H and O–H groups in total. The van der Waals surface area contributed by atoms with Gasteiger partial charge in [0.05, 0.1) is 17.6 Å². The fraction of sp³-hybridized carbons (Fsp3) is 0.462.